The highest BCUT2D eigenvalue weighted by Gasteiger charge is 2.49. The zero-order chi connectivity index (χ0) is 22.7. The van der Waals surface area contributed by atoms with Crippen LogP contribution in [0.3, 0.4) is 0 Å². The Morgan fingerprint density at radius 1 is 1.16 bits per heavy atom. The summed E-state index contributed by atoms with van der Waals surface area (Å²) in [6.45, 7) is -0.104. The van der Waals surface area contributed by atoms with Gasteiger partial charge in [0.25, 0.3) is 22.6 Å². The summed E-state index contributed by atoms with van der Waals surface area (Å²) < 4.78 is 14.5. The number of aliphatic hydroxyl groups is 2. The van der Waals surface area contributed by atoms with Crippen LogP contribution in [0.5, 0.6) is 0 Å². The number of hydrogen-bond donors (Lipinski definition) is 2. The molecule has 0 spiro atoms. The molecule has 2 aliphatic rings. The summed E-state index contributed by atoms with van der Waals surface area (Å²) in [4.78, 5) is 14.7. The molecule has 0 radical (unpaired) electrons. The quantitative estimate of drug-likeness (QED) is 0.327. The van der Waals surface area contributed by atoms with Gasteiger partial charge in [0, 0.05) is 11.6 Å². The summed E-state index contributed by atoms with van der Waals surface area (Å²) in [5.41, 5.74) is 2.36. The number of hydrogen-bond acceptors (Lipinski definition) is 3. The van der Waals surface area contributed by atoms with Crippen LogP contribution in [0.1, 0.15) is 12.0 Å². The fraction of sp³-hybridized carbons (Fsp3) is 0.192. The summed E-state index contributed by atoms with van der Waals surface area (Å²) in [7, 11) is 0. The van der Waals surface area contributed by atoms with Crippen LogP contribution < -0.4 is 27.5 Å². The van der Waals surface area contributed by atoms with Gasteiger partial charge in [0.05, 0.1) is 18.6 Å². The Labute approximate surface area is 200 Å². The molecular weight excluding hydrogens is 520 g/mol. The maximum Gasteiger partial charge on any atom is 0.296 e. The van der Waals surface area contributed by atoms with Crippen LogP contribution in [0.15, 0.2) is 90.7 Å². The Balaban J connectivity index is 1.58. The first kappa shape index (κ1) is 22.5. The van der Waals surface area contributed by atoms with Crippen LogP contribution in [0.2, 0.25) is 0 Å². The van der Waals surface area contributed by atoms with Crippen molar-refractivity contribution in [1.82, 2.24) is 0 Å². The van der Waals surface area contributed by atoms with Crippen molar-refractivity contribution in [1.29, 1.82) is 0 Å². The van der Waals surface area contributed by atoms with Crippen LogP contribution >= 0.6 is 0 Å². The molecule has 2 aromatic rings. The average molecular weight is 544 g/mol. The molecule has 0 bridgehead atoms. The molecule has 0 saturated carbocycles. The minimum absolute atomic E-state index is 0.0296. The van der Waals surface area contributed by atoms with E-state index >= 15 is 0 Å². The molecule has 4 nitrogen and oxygen atoms in total. The van der Waals surface area contributed by atoms with Crippen molar-refractivity contribution >= 4 is 17.2 Å². The van der Waals surface area contributed by atoms with Crippen LogP contribution in [0.25, 0.3) is 5.57 Å². The topological polar surface area (TPSA) is 60.8 Å². The highest BCUT2D eigenvalue weighted by atomic mass is 127. The number of carbonyl (C=O) groups excluding carboxylic acids is 1. The van der Waals surface area contributed by atoms with Crippen molar-refractivity contribution < 1.29 is 42.0 Å². The van der Waals surface area contributed by atoms with E-state index in [1.807, 2.05) is 71.2 Å². The molecule has 6 heteroatoms. The van der Waals surface area contributed by atoms with Gasteiger partial charge in [-0.1, -0.05) is 36.4 Å². The van der Waals surface area contributed by atoms with Gasteiger partial charge in [0.2, 0.25) is 5.91 Å². The first-order chi connectivity index (χ1) is 15.5. The van der Waals surface area contributed by atoms with Crippen molar-refractivity contribution in [2.45, 2.75) is 12.5 Å². The van der Waals surface area contributed by atoms with E-state index in [-0.39, 0.29) is 42.0 Å². The van der Waals surface area contributed by atoms with Crippen molar-refractivity contribution in [3.63, 3.8) is 0 Å². The Bertz CT molecular complexity index is 1100. The summed E-state index contributed by atoms with van der Waals surface area (Å²) in [6.07, 6.45) is 11.5. The number of anilines is 1. The van der Waals surface area contributed by atoms with Crippen molar-refractivity contribution in [3.05, 3.63) is 106 Å². The zero-order valence-corrected chi connectivity index (χ0v) is 19.6. The van der Waals surface area contributed by atoms with E-state index < -0.39 is 0 Å². The molecule has 32 heavy (non-hydrogen) atoms. The van der Waals surface area contributed by atoms with Gasteiger partial charge in [0.1, 0.15) is 11.6 Å². The number of aliphatic hydroxyl groups excluding tert-OH is 2. The predicted molar refractivity (Wildman–Crippen MR) is 120 cm³/mol. The van der Waals surface area contributed by atoms with Gasteiger partial charge in [0.15, 0.2) is 3.57 Å². The number of allylic oxidation sites excluding steroid dienone is 4. The van der Waals surface area contributed by atoms with Crippen LogP contribution in [0.4, 0.5) is 10.1 Å². The SMILES string of the molecule is O=C1C(/C=C/C=C(\CO)c2ccc([IH+])cc2)[C@@H](C2C=CC(O)=CC2)N1c1ccc(F)cc1. The van der Waals surface area contributed by atoms with Gasteiger partial charge >= 0.3 is 0 Å². The van der Waals surface area contributed by atoms with Crippen LogP contribution in [-0.2, 0) is 4.79 Å². The molecule has 2 N–H and O–H groups in total. The molecule has 1 saturated heterocycles. The van der Waals surface area contributed by atoms with E-state index in [1.165, 1.54) is 12.1 Å². The number of benzene rings is 2. The Morgan fingerprint density at radius 3 is 2.50 bits per heavy atom. The molecule has 3 atom stereocenters. The highest BCUT2D eigenvalue weighted by Crippen LogP contribution is 2.40. The molecule has 1 heterocycles. The average Bonchev–Trinajstić information content (AvgIpc) is 2.80. The van der Waals surface area contributed by atoms with Gasteiger partial charge in [-0.3, -0.25) is 4.79 Å². The smallest absolute Gasteiger partial charge is 0.296 e. The fourth-order valence-electron chi connectivity index (χ4n) is 4.17. The number of amides is 1. The second-order valence-electron chi connectivity index (χ2n) is 7.85. The standard InChI is InChI=1S/C26H23FINO3/c27-20-8-12-22(13-9-20)29-25(18-6-14-23(31)15-7-18)24(26(29)32)3-1-2-19(16-30)17-4-10-21(28)11-5-17/h1-6,8-15,18,24-25,28,30H,7,16H2/p+1/b3-1+,19-2+/t18?,24?,25-/m1/s1. The third-order valence-corrected chi connectivity index (χ3v) is 6.63. The highest BCUT2D eigenvalue weighted by molar-refractivity contribution is 6.04. The van der Waals surface area contributed by atoms with Gasteiger partial charge in [-0.05, 0) is 66.1 Å². The summed E-state index contributed by atoms with van der Waals surface area (Å²) in [5, 5.41) is 19.5. The van der Waals surface area contributed by atoms with E-state index in [0.717, 1.165) is 14.7 Å². The third kappa shape index (κ3) is 4.71. The van der Waals surface area contributed by atoms with E-state index in [1.54, 1.807) is 29.2 Å². The van der Waals surface area contributed by atoms with E-state index in [2.05, 4.69) is 0 Å². The number of carbonyl (C=O) groups is 1. The molecule has 1 fully saturated rings. The largest absolute Gasteiger partial charge is 0.508 e. The van der Waals surface area contributed by atoms with E-state index in [0.29, 0.717) is 12.1 Å². The minimum Gasteiger partial charge on any atom is -0.508 e. The molecule has 164 valence electrons. The van der Waals surface area contributed by atoms with E-state index in [4.69, 9.17) is 0 Å². The lowest BCUT2D eigenvalue weighted by Gasteiger charge is -2.49. The van der Waals surface area contributed by atoms with Crippen molar-refractivity contribution in [2.75, 3.05) is 11.5 Å². The fourth-order valence-corrected chi connectivity index (χ4v) is 4.56. The molecule has 1 aliphatic heterocycles. The summed E-state index contributed by atoms with van der Waals surface area (Å²) in [5.74, 6) is -0.501. The van der Waals surface area contributed by atoms with Gasteiger partial charge in [-0.15, -0.1) is 0 Å². The van der Waals surface area contributed by atoms with Crippen LogP contribution in [0, 0.1) is 21.2 Å². The Hall–Kier alpha value is -2.71. The molecule has 4 rings (SSSR count). The molecule has 0 aromatic heterocycles. The number of rotatable bonds is 6. The second kappa shape index (κ2) is 9.83. The zero-order valence-electron chi connectivity index (χ0n) is 17.3. The molecule has 1 amide bonds. The second-order valence-corrected chi connectivity index (χ2v) is 9.19. The summed E-state index contributed by atoms with van der Waals surface area (Å²) in [6, 6.07) is 13.7. The molecule has 2 unspecified atom stereocenters. The molecule has 2 aromatic carbocycles. The first-order valence-corrected chi connectivity index (χ1v) is 11.6. The lowest BCUT2D eigenvalue weighted by Crippen LogP contribution is -3.34. The lowest BCUT2D eigenvalue weighted by atomic mass is 9.75. The predicted octanol–water partition coefficient (Wildman–Crippen LogP) is 1.26. The van der Waals surface area contributed by atoms with Crippen molar-refractivity contribution in [3.8, 4) is 0 Å². The third-order valence-electron chi connectivity index (χ3n) is 5.86. The van der Waals surface area contributed by atoms with Crippen LogP contribution in [-0.4, -0.2) is 28.8 Å². The number of β-lactam (4-membered cyclic amide) rings is 1. The number of nitrogens with zero attached hydrogens (tertiary/aromatic N) is 1. The normalized spacial score (nSPS) is 23.4. The van der Waals surface area contributed by atoms with Gasteiger partial charge < -0.3 is 15.1 Å². The maximum absolute atomic E-state index is 13.4. The van der Waals surface area contributed by atoms with Gasteiger partial charge in [-0.25, -0.2) is 4.39 Å². The number of halogens is 2. The lowest BCUT2D eigenvalue weighted by molar-refractivity contribution is -0.328. The maximum atomic E-state index is 13.4. The van der Waals surface area contributed by atoms with E-state index in [9.17, 15) is 19.4 Å². The first-order valence-electron chi connectivity index (χ1n) is 10.4. The molecular formula is C26H24FINO3+. The summed E-state index contributed by atoms with van der Waals surface area (Å²) >= 11 is 1.94. The van der Waals surface area contributed by atoms with Gasteiger partial charge in [-0.2, -0.15) is 0 Å². The Kier molecular flexibility index (Phi) is 6.91. The minimum atomic E-state index is -0.349. The molecule has 1 aliphatic carbocycles. The van der Waals surface area contributed by atoms with Crippen molar-refractivity contribution in [2.24, 2.45) is 11.8 Å². The Morgan fingerprint density at radius 2 is 1.88 bits per heavy atom. The monoisotopic (exact) mass is 544 g/mol.